The number of nitriles is 1. The molecule has 2 bridgehead atoms. The predicted octanol–water partition coefficient (Wildman–Crippen LogP) is 3.48. The molecule has 0 saturated carbocycles. The van der Waals surface area contributed by atoms with Gasteiger partial charge in [-0.2, -0.15) is 5.26 Å². The summed E-state index contributed by atoms with van der Waals surface area (Å²) in [6, 6.07) is 13.9. The quantitative estimate of drug-likeness (QED) is 0.726. The van der Waals surface area contributed by atoms with Gasteiger partial charge in [0.1, 0.15) is 0 Å². The summed E-state index contributed by atoms with van der Waals surface area (Å²) in [5, 5.41) is 13.6. The molecule has 142 valence electrons. The number of nitrogens with one attached hydrogen (secondary N) is 1. The van der Waals surface area contributed by atoms with E-state index in [1.807, 2.05) is 18.2 Å². The van der Waals surface area contributed by atoms with Gasteiger partial charge in [-0.3, -0.25) is 0 Å². The molecule has 6 rings (SSSR count). The van der Waals surface area contributed by atoms with E-state index in [4.69, 9.17) is 5.26 Å². The fourth-order valence-corrected chi connectivity index (χ4v) is 6.05. The molecule has 2 atom stereocenters. The summed E-state index contributed by atoms with van der Waals surface area (Å²) in [5.74, 6) is 0.655. The maximum absolute atomic E-state index is 13.2. The molecule has 1 N–H and O–H groups in total. The zero-order valence-electron chi connectivity index (χ0n) is 15.6. The molecule has 3 heterocycles. The van der Waals surface area contributed by atoms with Crippen molar-refractivity contribution in [2.24, 2.45) is 13.0 Å². The molecule has 1 saturated heterocycles. The SMILES string of the molecule is Cn1c2c(c3cc(S(=O)(=O)c4ccc(C#N)cc4)ccc31)C1CCC(CN1)C2. The molecule has 2 aliphatic heterocycles. The Morgan fingerprint density at radius 2 is 1.86 bits per heavy atom. The first kappa shape index (κ1) is 17.5. The van der Waals surface area contributed by atoms with E-state index in [-0.39, 0.29) is 4.90 Å². The summed E-state index contributed by atoms with van der Waals surface area (Å²) < 4.78 is 28.6. The predicted molar refractivity (Wildman–Crippen MR) is 107 cm³/mol. The summed E-state index contributed by atoms with van der Waals surface area (Å²) in [6.45, 7) is 1.03. The molecule has 28 heavy (non-hydrogen) atoms. The van der Waals surface area contributed by atoms with Crippen molar-refractivity contribution < 1.29 is 8.42 Å². The highest BCUT2D eigenvalue weighted by Crippen LogP contribution is 2.41. The molecular weight excluding hydrogens is 370 g/mol. The third kappa shape index (κ3) is 2.50. The van der Waals surface area contributed by atoms with Crippen molar-refractivity contribution in [3.63, 3.8) is 0 Å². The van der Waals surface area contributed by atoms with E-state index in [0.29, 0.717) is 22.4 Å². The average Bonchev–Trinajstić information content (AvgIpc) is 2.87. The van der Waals surface area contributed by atoms with E-state index in [2.05, 4.69) is 16.9 Å². The molecular formula is C22H21N3O2S. The second-order valence-electron chi connectivity index (χ2n) is 7.85. The van der Waals surface area contributed by atoms with Gasteiger partial charge in [0.2, 0.25) is 9.84 Å². The molecule has 1 fully saturated rings. The molecule has 0 amide bonds. The van der Waals surface area contributed by atoms with Crippen LogP contribution in [0.5, 0.6) is 0 Å². The van der Waals surface area contributed by atoms with Gasteiger partial charge in [0.05, 0.1) is 21.4 Å². The molecule has 2 aromatic carbocycles. The van der Waals surface area contributed by atoms with Gasteiger partial charge in [-0.05, 0) is 79.8 Å². The Bertz CT molecular complexity index is 1230. The summed E-state index contributed by atoms with van der Waals surface area (Å²) in [7, 11) is -1.55. The molecule has 6 heteroatoms. The summed E-state index contributed by atoms with van der Waals surface area (Å²) in [4.78, 5) is 0.517. The van der Waals surface area contributed by atoms with Gasteiger partial charge in [-0.1, -0.05) is 0 Å². The Hall–Kier alpha value is -2.62. The molecule has 3 aromatic rings. The van der Waals surface area contributed by atoms with Crippen LogP contribution in [-0.4, -0.2) is 19.5 Å². The van der Waals surface area contributed by atoms with Crippen LogP contribution in [0.4, 0.5) is 0 Å². The third-order valence-electron chi connectivity index (χ3n) is 6.29. The van der Waals surface area contributed by atoms with Crippen LogP contribution in [0.2, 0.25) is 0 Å². The summed E-state index contributed by atoms with van der Waals surface area (Å²) in [6.07, 6.45) is 3.36. The van der Waals surface area contributed by atoms with Gasteiger partial charge in [-0.15, -0.1) is 0 Å². The van der Waals surface area contributed by atoms with Gasteiger partial charge < -0.3 is 9.88 Å². The van der Waals surface area contributed by atoms with Crippen LogP contribution in [0.15, 0.2) is 52.3 Å². The van der Waals surface area contributed by atoms with E-state index >= 15 is 0 Å². The normalized spacial score (nSPS) is 21.3. The number of hydrogen-bond acceptors (Lipinski definition) is 4. The molecule has 1 aliphatic carbocycles. The highest BCUT2D eigenvalue weighted by atomic mass is 32.2. The minimum absolute atomic E-state index is 0.215. The first-order valence-electron chi connectivity index (χ1n) is 9.59. The number of aromatic nitrogens is 1. The van der Waals surface area contributed by atoms with E-state index < -0.39 is 9.84 Å². The molecule has 0 radical (unpaired) electrons. The fourth-order valence-electron chi connectivity index (χ4n) is 4.76. The van der Waals surface area contributed by atoms with Gasteiger partial charge in [-0.25, -0.2) is 8.42 Å². The topological polar surface area (TPSA) is 74.9 Å². The molecule has 2 unspecified atom stereocenters. The zero-order chi connectivity index (χ0) is 19.5. The minimum Gasteiger partial charge on any atom is -0.347 e. The molecule has 0 spiro atoms. The average molecular weight is 391 g/mol. The fraction of sp³-hybridized carbons (Fsp3) is 0.318. The molecule has 5 nitrogen and oxygen atoms in total. The van der Waals surface area contributed by atoms with Gasteiger partial charge in [0.15, 0.2) is 0 Å². The second kappa shape index (κ2) is 6.20. The monoisotopic (exact) mass is 391 g/mol. The number of piperidine rings is 1. The number of nitrogens with zero attached hydrogens (tertiary/aromatic N) is 2. The van der Waals surface area contributed by atoms with Crippen molar-refractivity contribution in [2.45, 2.75) is 35.1 Å². The highest BCUT2D eigenvalue weighted by molar-refractivity contribution is 7.91. The Morgan fingerprint density at radius 3 is 2.54 bits per heavy atom. The van der Waals surface area contributed by atoms with E-state index in [0.717, 1.165) is 30.3 Å². The lowest BCUT2D eigenvalue weighted by molar-refractivity contribution is 0.332. The lowest BCUT2D eigenvalue weighted by Gasteiger charge is -2.25. The lowest BCUT2D eigenvalue weighted by atomic mass is 9.95. The minimum atomic E-state index is -3.63. The molecule has 1 aromatic heterocycles. The number of benzene rings is 2. The Morgan fingerprint density at radius 1 is 1.11 bits per heavy atom. The van der Waals surface area contributed by atoms with Crippen molar-refractivity contribution >= 4 is 20.7 Å². The van der Waals surface area contributed by atoms with Crippen molar-refractivity contribution in [3.05, 3.63) is 59.3 Å². The Balaban J connectivity index is 1.68. The Kier molecular flexibility index (Phi) is 3.87. The Labute approximate surface area is 164 Å². The lowest BCUT2D eigenvalue weighted by Crippen LogP contribution is -2.30. The van der Waals surface area contributed by atoms with Gasteiger partial charge in [0, 0.05) is 29.7 Å². The number of hydrogen-bond donors (Lipinski definition) is 1. The van der Waals surface area contributed by atoms with E-state index in [9.17, 15) is 8.42 Å². The number of rotatable bonds is 2. The first-order valence-corrected chi connectivity index (χ1v) is 11.1. The first-order chi connectivity index (χ1) is 13.5. The van der Waals surface area contributed by atoms with Gasteiger partial charge >= 0.3 is 0 Å². The van der Waals surface area contributed by atoms with Crippen molar-refractivity contribution in [1.29, 1.82) is 5.26 Å². The van der Waals surface area contributed by atoms with Crippen LogP contribution in [0.3, 0.4) is 0 Å². The number of fused-ring (bicyclic) bond motifs is 3. The van der Waals surface area contributed by atoms with Crippen molar-refractivity contribution in [3.8, 4) is 6.07 Å². The highest BCUT2D eigenvalue weighted by Gasteiger charge is 2.33. The van der Waals surface area contributed by atoms with Crippen LogP contribution >= 0.6 is 0 Å². The smallest absolute Gasteiger partial charge is 0.206 e. The van der Waals surface area contributed by atoms with Crippen LogP contribution in [0.25, 0.3) is 10.9 Å². The maximum atomic E-state index is 13.2. The number of aryl methyl sites for hydroxylation is 1. The summed E-state index contributed by atoms with van der Waals surface area (Å²) in [5.41, 5.74) is 4.14. The van der Waals surface area contributed by atoms with Gasteiger partial charge in [0.25, 0.3) is 0 Å². The third-order valence-corrected chi connectivity index (χ3v) is 8.05. The molecule has 3 aliphatic rings. The zero-order valence-corrected chi connectivity index (χ0v) is 16.5. The standard InChI is InChI=1S/C22H21N3O2S/c1-25-20-9-7-17(28(26,27)16-5-2-14(12-23)3-6-16)11-18(20)22-19-8-4-15(13-24-19)10-21(22)25/h2-3,5-7,9,11,15,19,24H,4,8,10,13H2,1H3. The van der Waals surface area contributed by atoms with E-state index in [1.165, 1.54) is 29.8 Å². The maximum Gasteiger partial charge on any atom is 0.206 e. The van der Waals surface area contributed by atoms with Crippen molar-refractivity contribution in [2.75, 3.05) is 6.54 Å². The van der Waals surface area contributed by atoms with Crippen molar-refractivity contribution in [1.82, 2.24) is 9.88 Å². The summed E-state index contributed by atoms with van der Waals surface area (Å²) >= 11 is 0. The van der Waals surface area contributed by atoms with Crippen LogP contribution in [0.1, 0.15) is 35.7 Å². The van der Waals surface area contributed by atoms with Crippen LogP contribution in [-0.2, 0) is 23.3 Å². The van der Waals surface area contributed by atoms with E-state index in [1.54, 1.807) is 18.2 Å². The second-order valence-corrected chi connectivity index (χ2v) is 9.80. The van der Waals surface area contributed by atoms with Crippen LogP contribution < -0.4 is 5.32 Å². The van der Waals surface area contributed by atoms with Crippen LogP contribution in [0, 0.1) is 17.2 Å². The largest absolute Gasteiger partial charge is 0.347 e. The number of sulfone groups is 1.